The molecule has 1 unspecified atom stereocenters. The van der Waals surface area contributed by atoms with Crippen LogP contribution in [0.15, 0.2) is 0 Å². The van der Waals surface area contributed by atoms with E-state index >= 15 is 0 Å². The van der Waals surface area contributed by atoms with E-state index in [4.69, 9.17) is 0 Å². The van der Waals surface area contributed by atoms with Gasteiger partial charge in [0.25, 0.3) is 0 Å². The Morgan fingerprint density at radius 1 is 0.850 bits per heavy atom. The Labute approximate surface area is 125 Å². The summed E-state index contributed by atoms with van der Waals surface area (Å²) >= 11 is 0. The van der Waals surface area contributed by atoms with Gasteiger partial charge in [-0.1, -0.05) is 45.4 Å². The molecule has 0 bridgehead atoms. The fraction of sp³-hybridized carbons (Fsp3) is 1.00. The molecule has 3 rings (SSSR count). The lowest BCUT2D eigenvalue weighted by Gasteiger charge is -2.45. The lowest BCUT2D eigenvalue weighted by molar-refractivity contribution is 0.0499. The summed E-state index contributed by atoms with van der Waals surface area (Å²) in [5.74, 6) is 1.84. The molecule has 0 aromatic heterocycles. The van der Waals surface area contributed by atoms with E-state index < -0.39 is 0 Å². The van der Waals surface area contributed by atoms with Crippen molar-refractivity contribution in [3.05, 3.63) is 0 Å². The van der Waals surface area contributed by atoms with Gasteiger partial charge in [-0.3, -0.25) is 4.90 Å². The normalized spacial score (nSPS) is 28.5. The second kappa shape index (κ2) is 7.26. The molecule has 1 heterocycles. The first-order valence-corrected chi connectivity index (χ1v) is 9.31. The third-order valence-electron chi connectivity index (χ3n) is 6.20. The van der Waals surface area contributed by atoms with E-state index in [0.29, 0.717) is 0 Å². The van der Waals surface area contributed by atoms with Gasteiger partial charge < -0.3 is 5.32 Å². The second-order valence-corrected chi connectivity index (χ2v) is 7.68. The van der Waals surface area contributed by atoms with Crippen LogP contribution in [-0.2, 0) is 0 Å². The lowest BCUT2D eigenvalue weighted by atomic mass is 9.84. The summed E-state index contributed by atoms with van der Waals surface area (Å²) in [7, 11) is 0. The standard InChI is InChI=1S/C18H34N2/c1-15(16-12-19-13-16)14-20(17-8-4-2-5-9-17)18-10-6-3-7-11-18/h15-19H,2-14H2,1H3. The van der Waals surface area contributed by atoms with Crippen LogP contribution in [0.1, 0.15) is 71.1 Å². The van der Waals surface area contributed by atoms with Crippen LogP contribution < -0.4 is 5.32 Å². The molecule has 1 aliphatic heterocycles. The number of hydrogen-bond donors (Lipinski definition) is 1. The fourth-order valence-corrected chi connectivity index (χ4v) is 4.62. The van der Waals surface area contributed by atoms with Crippen LogP contribution >= 0.6 is 0 Å². The van der Waals surface area contributed by atoms with Crippen LogP contribution in [0.25, 0.3) is 0 Å². The quantitative estimate of drug-likeness (QED) is 0.822. The number of rotatable bonds is 5. The molecule has 0 amide bonds. The molecule has 1 N–H and O–H groups in total. The molecule has 2 aliphatic carbocycles. The van der Waals surface area contributed by atoms with Crippen LogP contribution in [-0.4, -0.2) is 36.6 Å². The third kappa shape index (κ3) is 3.57. The van der Waals surface area contributed by atoms with Crippen molar-refractivity contribution in [3.8, 4) is 0 Å². The summed E-state index contributed by atoms with van der Waals surface area (Å²) < 4.78 is 0. The summed E-state index contributed by atoms with van der Waals surface area (Å²) in [6.07, 6.45) is 14.8. The average molecular weight is 278 g/mol. The Balaban J connectivity index is 1.61. The molecule has 116 valence electrons. The third-order valence-corrected chi connectivity index (χ3v) is 6.20. The zero-order chi connectivity index (χ0) is 13.8. The molecule has 3 fully saturated rings. The number of nitrogens with one attached hydrogen (secondary N) is 1. The fourth-order valence-electron chi connectivity index (χ4n) is 4.62. The van der Waals surface area contributed by atoms with Crippen molar-refractivity contribution < 1.29 is 0 Å². The maximum atomic E-state index is 3.46. The zero-order valence-corrected chi connectivity index (χ0v) is 13.4. The highest BCUT2D eigenvalue weighted by atomic mass is 15.2. The lowest BCUT2D eigenvalue weighted by Crippen LogP contribution is -2.52. The highest BCUT2D eigenvalue weighted by Gasteiger charge is 2.32. The minimum absolute atomic E-state index is 0.889. The van der Waals surface area contributed by atoms with Crippen molar-refractivity contribution in [2.45, 2.75) is 83.2 Å². The zero-order valence-electron chi connectivity index (χ0n) is 13.4. The first kappa shape index (κ1) is 14.8. The van der Waals surface area contributed by atoms with Gasteiger partial charge in [0.05, 0.1) is 0 Å². The summed E-state index contributed by atoms with van der Waals surface area (Å²) in [6, 6.07) is 1.84. The smallest absolute Gasteiger partial charge is 0.00983 e. The summed E-state index contributed by atoms with van der Waals surface area (Å²) in [5, 5.41) is 3.46. The number of hydrogen-bond acceptors (Lipinski definition) is 2. The molecule has 0 aromatic carbocycles. The SMILES string of the molecule is CC(CN(C1CCCCC1)C1CCCCC1)C1CNC1. The topological polar surface area (TPSA) is 15.3 Å². The monoisotopic (exact) mass is 278 g/mol. The van der Waals surface area contributed by atoms with Gasteiger partial charge in [0.1, 0.15) is 0 Å². The predicted molar refractivity (Wildman–Crippen MR) is 86.0 cm³/mol. The van der Waals surface area contributed by atoms with Crippen LogP contribution in [0.5, 0.6) is 0 Å². The summed E-state index contributed by atoms with van der Waals surface area (Å²) in [4.78, 5) is 2.99. The average Bonchev–Trinajstić information content (AvgIpc) is 2.45. The predicted octanol–water partition coefficient (Wildman–Crippen LogP) is 3.81. The van der Waals surface area contributed by atoms with E-state index in [9.17, 15) is 0 Å². The summed E-state index contributed by atoms with van der Waals surface area (Å²) in [5.41, 5.74) is 0. The van der Waals surface area contributed by atoms with Gasteiger partial charge in [-0.15, -0.1) is 0 Å². The van der Waals surface area contributed by atoms with E-state index in [0.717, 1.165) is 23.9 Å². The number of nitrogens with zero attached hydrogens (tertiary/aromatic N) is 1. The van der Waals surface area contributed by atoms with Gasteiger partial charge in [-0.25, -0.2) is 0 Å². The van der Waals surface area contributed by atoms with Crippen molar-refractivity contribution in [3.63, 3.8) is 0 Å². The van der Waals surface area contributed by atoms with Gasteiger partial charge in [0, 0.05) is 18.6 Å². The molecule has 0 aromatic rings. The minimum Gasteiger partial charge on any atom is -0.316 e. The maximum Gasteiger partial charge on any atom is 0.00983 e. The summed E-state index contributed by atoms with van der Waals surface area (Å²) in [6.45, 7) is 6.42. The van der Waals surface area contributed by atoms with Crippen molar-refractivity contribution in [2.75, 3.05) is 19.6 Å². The van der Waals surface area contributed by atoms with Crippen LogP contribution in [0.2, 0.25) is 0 Å². The van der Waals surface area contributed by atoms with Gasteiger partial charge >= 0.3 is 0 Å². The van der Waals surface area contributed by atoms with Gasteiger partial charge in [0.2, 0.25) is 0 Å². The van der Waals surface area contributed by atoms with Crippen molar-refractivity contribution in [2.24, 2.45) is 11.8 Å². The van der Waals surface area contributed by atoms with Gasteiger partial charge in [0.15, 0.2) is 0 Å². The van der Waals surface area contributed by atoms with Crippen LogP contribution in [0, 0.1) is 11.8 Å². The van der Waals surface area contributed by atoms with Crippen LogP contribution in [0.4, 0.5) is 0 Å². The van der Waals surface area contributed by atoms with E-state index in [2.05, 4.69) is 17.1 Å². The Kier molecular flexibility index (Phi) is 5.39. The molecule has 1 saturated heterocycles. The molecule has 0 spiro atoms. The Morgan fingerprint density at radius 2 is 1.35 bits per heavy atom. The largest absolute Gasteiger partial charge is 0.316 e. The molecular weight excluding hydrogens is 244 g/mol. The van der Waals surface area contributed by atoms with Gasteiger partial charge in [-0.05, 0) is 50.6 Å². The molecule has 1 atom stereocenters. The molecule has 2 nitrogen and oxygen atoms in total. The van der Waals surface area contributed by atoms with E-state index in [1.54, 1.807) is 0 Å². The molecule has 3 aliphatic rings. The molecule has 20 heavy (non-hydrogen) atoms. The minimum atomic E-state index is 0.889. The van der Waals surface area contributed by atoms with E-state index in [1.165, 1.54) is 83.8 Å². The van der Waals surface area contributed by atoms with Gasteiger partial charge in [-0.2, -0.15) is 0 Å². The Hall–Kier alpha value is -0.0800. The second-order valence-electron chi connectivity index (χ2n) is 7.68. The van der Waals surface area contributed by atoms with Crippen molar-refractivity contribution in [1.29, 1.82) is 0 Å². The molecular formula is C18H34N2. The Morgan fingerprint density at radius 3 is 1.75 bits per heavy atom. The molecule has 2 saturated carbocycles. The van der Waals surface area contributed by atoms with E-state index in [1.807, 2.05) is 0 Å². The highest BCUT2D eigenvalue weighted by molar-refractivity contribution is 4.88. The molecule has 0 radical (unpaired) electrons. The first-order chi connectivity index (χ1) is 9.84. The Bertz CT molecular complexity index is 257. The highest BCUT2D eigenvalue weighted by Crippen LogP contribution is 2.32. The van der Waals surface area contributed by atoms with Crippen molar-refractivity contribution >= 4 is 0 Å². The maximum absolute atomic E-state index is 3.46. The van der Waals surface area contributed by atoms with Crippen molar-refractivity contribution in [1.82, 2.24) is 10.2 Å². The van der Waals surface area contributed by atoms with Crippen LogP contribution in [0.3, 0.4) is 0 Å². The molecule has 2 heteroatoms. The van der Waals surface area contributed by atoms with E-state index in [-0.39, 0.29) is 0 Å². The first-order valence-electron chi connectivity index (χ1n) is 9.31.